The van der Waals surface area contributed by atoms with E-state index in [9.17, 15) is 0 Å². The summed E-state index contributed by atoms with van der Waals surface area (Å²) in [4.78, 5) is 6.21. The predicted molar refractivity (Wildman–Crippen MR) is 72.8 cm³/mol. The van der Waals surface area contributed by atoms with Crippen LogP contribution in [0.3, 0.4) is 0 Å². The number of H-pyrrole nitrogens is 1. The summed E-state index contributed by atoms with van der Waals surface area (Å²) in [6, 6.07) is 2.13. The van der Waals surface area contributed by atoms with Gasteiger partial charge in [0.1, 0.15) is 5.82 Å². The van der Waals surface area contributed by atoms with Crippen molar-refractivity contribution in [3.63, 3.8) is 0 Å². The molecule has 1 N–H and O–H groups in total. The molecule has 0 bridgehead atoms. The first-order chi connectivity index (χ1) is 8.66. The number of aromatic nitrogens is 4. The zero-order valence-electron chi connectivity index (χ0n) is 11.3. The maximum atomic E-state index is 4.33. The lowest BCUT2D eigenvalue weighted by Gasteiger charge is -2.15. The number of aromatic amines is 1. The highest BCUT2D eigenvalue weighted by Crippen LogP contribution is 2.17. The highest BCUT2D eigenvalue weighted by Gasteiger charge is 2.08. The van der Waals surface area contributed by atoms with Crippen molar-refractivity contribution >= 4 is 5.82 Å². The highest BCUT2D eigenvalue weighted by atomic mass is 15.3. The van der Waals surface area contributed by atoms with Crippen molar-refractivity contribution in [2.45, 2.75) is 32.7 Å². The molecule has 2 aromatic heterocycles. The number of nitrogens with zero attached hydrogens (tertiary/aromatic N) is 4. The maximum Gasteiger partial charge on any atom is 0.150 e. The molecule has 0 unspecified atom stereocenters. The zero-order valence-corrected chi connectivity index (χ0v) is 11.3. The van der Waals surface area contributed by atoms with Crippen molar-refractivity contribution in [3.05, 3.63) is 30.5 Å². The Bertz CT molecular complexity index is 457. The van der Waals surface area contributed by atoms with Gasteiger partial charge >= 0.3 is 0 Å². The highest BCUT2D eigenvalue weighted by molar-refractivity contribution is 5.38. The summed E-state index contributed by atoms with van der Waals surface area (Å²) in [5.41, 5.74) is 1.19. The molecular weight excluding hydrogens is 226 g/mol. The van der Waals surface area contributed by atoms with Crippen molar-refractivity contribution < 1.29 is 0 Å². The Kier molecular flexibility index (Phi) is 4.02. The molecule has 0 amide bonds. The first kappa shape index (κ1) is 12.7. The van der Waals surface area contributed by atoms with E-state index in [0.29, 0.717) is 5.92 Å². The summed E-state index contributed by atoms with van der Waals surface area (Å²) in [5.74, 6) is 1.51. The van der Waals surface area contributed by atoms with Crippen LogP contribution in [0.25, 0.3) is 0 Å². The molecule has 2 heterocycles. The van der Waals surface area contributed by atoms with Crippen LogP contribution in [0.1, 0.15) is 31.9 Å². The van der Waals surface area contributed by atoms with E-state index in [0.717, 1.165) is 25.3 Å². The summed E-state index contributed by atoms with van der Waals surface area (Å²) in [7, 11) is 2.08. The normalized spacial score (nSPS) is 11.1. The van der Waals surface area contributed by atoms with Crippen LogP contribution >= 0.6 is 0 Å². The van der Waals surface area contributed by atoms with Crippen LogP contribution < -0.4 is 4.90 Å². The first-order valence-corrected chi connectivity index (χ1v) is 6.39. The third-order valence-electron chi connectivity index (χ3n) is 3.07. The number of imidazole rings is 1. The summed E-state index contributed by atoms with van der Waals surface area (Å²) >= 11 is 0. The second kappa shape index (κ2) is 5.71. The van der Waals surface area contributed by atoms with Crippen LogP contribution in [0.15, 0.2) is 24.8 Å². The third-order valence-corrected chi connectivity index (χ3v) is 3.07. The molecule has 0 spiro atoms. The molecule has 0 aromatic carbocycles. The molecule has 98 valence electrons. The fourth-order valence-corrected chi connectivity index (χ4v) is 1.84. The van der Waals surface area contributed by atoms with Gasteiger partial charge in [0.2, 0.25) is 0 Å². The van der Waals surface area contributed by atoms with E-state index in [2.05, 4.69) is 51.6 Å². The summed E-state index contributed by atoms with van der Waals surface area (Å²) in [6.45, 7) is 6.30. The Morgan fingerprint density at radius 1 is 1.44 bits per heavy atom. The number of hydrogen-bond acceptors (Lipinski definition) is 3. The van der Waals surface area contributed by atoms with E-state index < -0.39 is 0 Å². The van der Waals surface area contributed by atoms with Crippen molar-refractivity contribution in [1.29, 1.82) is 0 Å². The molecule has 18 heavy (non-hydrogen) atoms. The van der Waals surface area contributed by atoms with Gasteiger partial charge in [0.15, 0.2) is 0 Å². The SMILES string of the molecule is CC(C)c1cc(N(C)CCCn2ccnc2)n[nH]1. The number of aryl methyl sites for hydroxylation is 1. The minimum Gasteiger partial charge on any atom is -0.358 e. The number of rotatable bonds is 6. The maximum absolute atomic E-state index is 4.33. The number of nitrogens with one attached hydrogen (secondary N) is 1. The molecule has 0 aliphatic rings. The lowest BCUT2D eigenvalue weighted by atomic mass is 10.1. The van der Waals surface area contributed by atoms with E-state index in [1.54, 1.807) is 0 Å². The van der Waals surface area contributed by atoms with Gasteiger partial charge in [0.25, 0.3) is 0 Å². The van der Waals surface area contributed by atoms with Crippen molar-refractivity contribution in [2.24, 2.45) is 0 Å². The van der Waals surface area contributed by atoms with E-state index in [-0.39, 0.29) is 0 Å². The molecule has 5 heteroatoms. The minimum absolute atomic E-state index is 0.491. The quantitative estimate of drug-likeness (QED) is 0.851. The molecule has 0 atom stereocenters. The largest absolute Gasteiger partial charge is 0.358 e. The Morgan fingerprint density at radius 2 is 2.28 bits per heavy atom. The molecule has 0 aliphatic carbocycles. The Balaban J connectivity index is 1.81. The van der Waals surface area contributed by atoms with Gasteiger partial charge in [0.05, 0.1) is 6.33 Å². The van der Waals surface area contributed by atoms with Crippen molar-refractivity contribution in [3.8, 4) is 0 Å². The molecule has 2 rings (SSSR count). The minimum atomic E-state index is 0.491. The molecule has 2 aromatic rings. The molecule has 5 nitrogen and oxygen atoms in total. The van der Waals surface area contributed by atoms with Crippen molar-refractivity contribution in [1.82, 2.24) is 19.7 Å². The monoisotopic (exact) mass is 247 g/mol. The van der Waals surface area contributed by atoms with Gasteiger partial charge in [0, 0.05) is 44.3 Å². The van der Waals surface area contributed by atoms with Gasteiger partial charge in [-0.15, -0.1) is 0 Å². The Labute approximate surface area is 108 Å². The molecule has 0 radical (unpaired) electrons. The predicted octanol–water partition coefficient (Wildman–Crippen LogP) is 2.26. The van der Waals surface area contributed by atoms with Crippen molar-refractivity contribution in [2.75, 3.05) is 18.5 Å². The second-order valence-electron chi connectivity index (χ2n) is 4.91. The zero-order chi connectivity index (χ0) is 13.0. The fraction of sp³-hybridized carbons (Fsp3) is 0.538. The Hall–Kier alpha value is -1.78. The van der Waals surface area contributed by atoms with Gasteiger partial charge < -0.3 is 9.47 Å². The van der Waals surface area contributed by atoms with Gasteiger partial charge in [-0.2, -0.15) is 5.10 Å². The average Bonchev–Trinajstić information content (AvgIpc) is 2.99. The first-order valence-electron chi connectivity index (χ1n) is 6.39. The van der Waals surface area contributed by atoms with Gasteiger partial charge in [-0.25, -0.2) is 4.98 Å². The van der Waals surface area contributed by atoms with Gasteiger partial charge in [-0.1, -0.05) is 13.8 Å². The summed E-state index contributed by atoms with van der Waals surface area (Å²) in [6.07, 6.45) is 6.74. The smallest absolute Gasteiger partial charge is 0.150 e. The van der Waals surface area contributed by atoms with Gasteiger partial charge in [-0.3, -0.25) is 5.10 Å². The molecule has 0 aliphatic heterocycles. The van der Waals surface area contributed by atoms with Crippen LogP contribution in [0, 0.1) is 0 Å². The van der Waals surface area contributed by atoms with Crippen LogP contribution in [0.5, 0.6) is 0 Å². The van der Waals surface area contributed by atoms with Crippen LogP contribution in [-0.2, 0) is 6.54 Å². The van der Waals surface area contributed by atoms with Crippen LogP contribution in [0.4, 0.5) is 5.82 Å². The number of hydrogen-bond donors (Lipinski definition) is 1. The average molecular weight is 247 g/mol. The molecule has 0 saturated heterocycles. The lowest BCUT2D eigenvalue weighted by molar-refractivity contribution is 0.635. The molecular formula is C13H21N5. The standard InChI is InChI=1S/C13H21N5/c1-11(2)12-9-13(16-15-12)17(3)6-4-7-18-8-5-14-10-18/h5,8-11H,4,6-7H2,1-3H3,(H,15,16). The summed E-state index contributed by atoms with van der Waals surface area (Å²) < 4.78 is 2.10. The third kappa shape index (κ3) is 3.12. The number of anilines is 1. The Morgan fingerprint density at radius 3 is 2.89 bits per heavy atom. The molecule has 0 fully saturated rings. The lowest BCUT2D eigenvalue weighted by Crippen LogP contribution is -2.20. The topological polar surface area (TPSA) is 49.7 Å². The van der Waals surface area contributed by atoms with E-state index in [1.807, 2.05) is 18.7 Å². The fourth-order valence-electron chi connectivity index (χ4n) is 1.84. The van der Waals surface area contributed by atoms with Gasteiger partial charge in [-0.05, 0) is 12.3 Å². The van der Waals surface area contributed by atoms with E-state index >= 15 is 0 Å². The molecule has 0 saturated carbocycles. The van der Waals surface area contributed by atoms with Crippen LogP contribution in [-0.4, -0.2) is 33.3 Å². The second-order valence-corrected chi connectivity index (χ2v) is 4.91. The summed E-state index contributed by atoms with van der Waals surface area (Å²) in [5, 5.41) is 7.42. The van der Waals surface area contributed by atoms with Crippen LogP contribution in [0.2, 0.25) is 0 Å². The van der Waals surface area contributed by atoms with E-state index in [4.69, 9.17) is 0 Å². The van der Waals surface area contributed by atoms with E-state index in [1.165, 1.54) is 5.69 Å².